The van der Waals surface area contributed by atoms with Gasteiger partial charge in [-0.15, -0.1) is 24.8 Å². The number of benzene rings is 2. The molecular weight excluding hydrogens is 493 g/mol. The Hall–Kier alpha value is -3.05. The lowest BCUT2D eigenvalue weighted by molar-refractivity contribution is 0.551. The van der Waals surface area contributed by atoms with Crippen LogP contribution in [0.1, 0.15) is 36.6 Å². The summed E-state index contributed by atoms with van der Waals surface area (Å²) in [6.07, 6.45) is 3.01. The number of aryl methyl sites for hydroxylation is 1. The minimum Gasteiger partial charge on any atom is -0.378 e. The molecule has 2 heterocycles. The van der Waals surface area contributed by atoms with E-state index in [4.69, 9.17) is 9.97 Å². The third-order valence-corrected chi connectivity index (χ3v) is 6.08. The van der Waals surface area contributed by atoms with E-state index >= 15 is 0 Å². The largest absolute Gasteiger partial charge is 0.378 e. The standard InChI is InChI=1S/C27H33N7.2ClH/c1-4-6-22-16-26(32-27(30-22)31-23-8-5-7-21(15-23)17-28)34-14-13-24(19-34)29-18-20-9-11-25(12-10-20)33(2)3;;/h5,7-12,15-16,24,29H,4,6,13-14,18-19H2,1-3H3,(H,30,31,32);2*1H/t24-;;/m0../s1. The minimum absolute atomic E-state index is 0. The number of halogens is 2. The first-order valence-corrected chi connectivity index (χ1v) is 11.9. The van der Waals surface area contributed by atoms with Crippen LogP contribution in [0.5, 0.6) is 0 Å². The fourth-order valence-electron chi connectivity index (χ4n) is 4.19. The van der Waals surface area contributed by atoms with Crippen LogP contribution in [-0.4, -0.2) is 43.2 Å². The summed E-state index contributed by atoms with van der Waals surface area (Å²) in [6, 6.07) is 20.8. The van der Waals surface area contributed by atoms with Crippen LogP contribution >= 0.6 is 24.8 Å². The van der Waals surface area contributed by atoms with Crippen LogP contribution in [0, 0.1) is 11.3 Å². The van der Waals surface area contributed by atoms with E-state index in [2.05, 4.69) is 77.9 Å². The van der Waals surface area contributed by atoms with Crippen molar-refractivity contribution >= 4 is 48.0 Å². The molecule has 1 saturated heterocycles. The van der Waals surface area contributed by atoms with E-state index in [1.807, 2.05) is 18.2 Å². The number of nitrogens with one attached hydrogen (secondary N) is 2. The zero-order valence-electron chi connectivity index (χ0n) is 21.1. The zero-order chi connectivity index (χ0) is 23.9. The minimum atomic E-state index is 0. The van der Waals surface area contributed by atoms with E-state index in [0.29, 0.717) is 17.6 Å². The van der Waals surface area contributed by atoms with Gasteiger partial charge in [-0.1, -0.05) is 31.5 Å². The smallest absolute Gasteiger partial charge is 0.229 e. The molecular formula is C27H35Cl2N7. The SMILES string of the molecule is CCCc1cc(N2CC[C@H](NCc3ccc(N(C)C)cc3)C2)nc(Nc2cccc(C#N)c2)n1.Cl.Cl. The highest BCUT2D eigenvalue weighted by Crippen LogP contribution is 2.23. The summed E-state index contributed by atoms with van der Waals surface area (Å²) in [6.45, 7) is 4.90. The Kier molecular flexibility index (Phi) is 11.3. The molecule has 4 rings (SSSR count). The van der Waals surface area contributed by atoms with Gasteiger partial charge in [0, 0.05) is 62.9 Å². The normalized spacial score (nSPS) is 14.4. The summed E-state index contributed by atoms with van der Waals surface area (Å²) in [7, 11) is 4.12. The topological polar surface area (TPSA) is 80.1 Å². The first-order valence-electron chi connectivity index (χ1n) is 11.9. The van der Waals surface area contributed by atoms with Crippen molar-refractivity contribution in [1.29, 1.82) is 5.26 Å². The summed E-state index contributed by atoms with van der Waals surface area (Å²) >= 11 is 0. The Morgan fingerprint density at radius 2 is 1.86 bits per heavy atom. The lowest BCUT2D eigenvalue weighted by atomic mass is 10.2. The van der Waals surface area contributed by atoms with Crippen molar-refractivity contribution in [3.63, 3.8) is 0 Å². The van der Waals surface area contributed by atoms with Crippen LogP contribution in [0.2, 0.25) is 0 Å². The molecule has 192 valence electrons. The summed E-state index contributed by atoms with van der Waals surface area (Å²) in [5.74, 6) is 1.53. The third kappa shape index (κ3) is 7.72. The molecule has 1 aliphatic rings. The molecule has 2 N–H and O–H groups in total. The zero-order valence-corrected chi connectivity index (χ0v) is 22.7. The molecule has 0 saturated carbocycles. The van der Waals surface area contributed by atoms with E-state index in [1.165, 1.54) is 11.3 Å². The molecule has 0 bridgehead atoms. The molecule has 0 unspecified atom stereocenters. The molecule has 9 heteroatoms. The van der Waals surface area contributed by atoms with Gasteiger partial charge in [0.2, 0.25) is 5.95 Å². The second kappa shape index (κ2) is 13.9. The second-order valence-electron chi connectivity index (χ2n) is 8.98. The van der Waals surface area contributed by atoms with Gasteiger partial charge in [-0.25, -0.2) is 4.98 Å². The predicted molar refractivity (Wildman–Crippen MR) is 153 cm³/mol. The van der Waals surface area contributed by atoms with Gasteiger partial charge in [0.25, 0.3) is 0 Å². The van der Waals surface area contributed by atoms with Crippen LogP contribution < -0.4 is 20.4 Å². The van der Waals surface area contributed by atoms with Crippen LogP contribution in [0.25, 0.3) is 0 Å². The van der Waals surface area contributed by atoms with Crippen molar-refractivity contribution in [2.75, 3.05) is 42.3 Å². The molecule has 3 aromatic rings. The Bertz CT molecular complexity index is 1150. The van der Waals surface area contributed by atoms with E-state index in [9.17, 15) is 5.26 Å². The van der Waals surface area contributed by atoms with E-state index in [1.54, 1.807) is 6.07 Å². The highest BCUT2D eigenvalue weighted by Gasteiger charge is 2.24. The summed E-state index contributed by atoms with van der Waals surface area (Å²) in [5.41, 5.74) is 4.97. The van der Waals surface area contributed by atoms with Crippen molar-refractivity contribution in [1.82, 2.24) is 15.3 Å². The van der Waals surface area contributed by atoms with Crippen molar-refractivity contribution in [2.45, 2.75) is 38.8 Å². The lowest BCUT2D eigenvalue weighted by Gasteiger charge is -2.20. The Balaban J connectivity index is 0.00000228. The molecule has 1 aromatic heterocycles. The highest BCUT2D eigenvalue weighted by atomic mass is 35.5. The molecule has 36 heavy (non-hydrogen) atoms. The number of nitrogens with zero attached hydrogens (tertiary/aromatic N) is 5. The van der Waals surface area contributed by atoms with Crippen LogP contribution in [0.15, 0.2) is 54.6 Å². The maximum absolute atomic E-state index is 9.18. The number of aromatic nitrogens is 2. The summed E-state index contributed by atoms with van der Waals surface area (Å²) in [5, 5.41) is 16.2. The Morgan fingerprint density at radius 1 is 1.08 bits per heavy atom. The third-order valence-electron chi connectivity index (χ3n) is 6.08. The van der Waals surface area contributed by atoms with Gasteiger partial charge < -0.3 is 20.4 Å². The predicted octanol–water partition coefficient (Wildman–Crippen LogP) is 5.32. The fraction of sp³-hybridized carbons (Fsp3) is 0.370. The van der Waals surface area contributed by atoms with Crippen LogP contribution in [0.4, 0.5) is 23.1 Å². The van der Waals surface area contributed by atoms with Crippen LogP contribution in [-0.2, 0) is 13.0 Å². The number of anilines is 4. The number of hydrogen-bond donors (Lipinski definition) is 2. The average molecular weight is 529 g/mol. The maximum atomic E-state index is 9.18. The van der Waals surface area contributed by atoms with Crippen LogP contribution in [0.3, 0.4) is 0 Å². The highest BCUT2D eigenvalue weighted by molar-refractivity contribution is 5.85. The molecule has 1 fully saturated rings. The molecule has 0 aliphatic carbocycles. The van der Waals surface area contributed by atoms with Crippen molar-refractivity contribution in [3.05, 3.63) is 71.4 Å². The monoisotopic (exact) mass is 527 g/mol. The summed E-state index contributed by atoms with van der Waals surface area (Å²) in [4.78, 5) is 14.0. The molecule has 2 aromatic carbocycles. The Morgan fingerprint density at radius 3 is 2.56 bits per heavy atom. The van der Waals surface area contributed by atoms with Crippen molar-refractivity contribution in [2.24, 2.45) is 0 Å². The molecule has 0 radical (unpaired) electrons. The van der Waals surface area contributed by atoms with Gasteiger partial charge in [0.15, 0.2) is 0 Å². The van der Waals surface area contributed by atoms with Gasteiger partial charge in [-0.3, -0.25) is 0 Å². The first-order chi connectivity index (χ1) is 16.5. The first kappa shape index (κ1) is 29.2. The van der Waals surface area contributed by atoms with Crippen molar-refractivity contribution < 1.29 is 0 Å². The van der Waals surface area contributed by atoms with Gasteiger partial charge in [0.05, 0.1) is 11.6 Å². The van der Waals surface area contributed by atoms with Gasteiger partial charge in [0.1, 0.15) is 5.82 Å². The molecule has 0 spiro atoms. The lowest BCUT2D eigenvalue weighted by Crippen LogP contribution is -2.32. The number of nitriles is 1. The second-order valence-corrected chi connectivity index (χ2v) is 8.98. The van der Waals surface area contributed by atoms with Gasteiger partial charge in [-0.05, 0) is 48.7 Å². The molecule has 1 aliphatic heterocycles. The van der Waals surface area contributed by atoms with E-state index < -0.39 is 0 Å². The van der Waals surface area contributed by atoms with Gasteiger partial charge in [-0.2, -0.15) is 10.2 Å². The van der Waals surface area contributed by atoms with Gasteiger partial charge >= 0.3 is 0 Å². The number of hydrogen-bond acceptors (Lipinski definition) is 7. The Labute approximate surface area is 226 Å². The van der Waals surface area contributed by atoms with E-state index in [-0.39, 0.29) is 24.8 Å². The summed E-state index contributed by atoms with van der Waals surface area (Å²) < 4.78 is 0. The fourth-order valence-corrected chi connectivity index (χ4v) is 4.19. The average Bonchev–Trinajstić information content (AvgIpc) is 3.32. The quantitative estimate of drug-likeness (QED) is 0.389. The van der Waals surface area contributed by atoms with Crippen molar-refractivity contribution in [3.8, 4) is 6.07 Å². The maximum Gasteiger partial charge on any atom is 0.229 e. The molecule has 1 atom stereocenters. The number of rotatable bonds is 9. The van der Waals surface area contributed by atoms with E-state index in [0.717, 1.165) is 56.1 Å². The molecule has 7 nitrogen and oxygen atoms in total. The molecule has 0 amide bonds.